The minimum Gasteiger partial charge on any atom is -0.497 e. The Hall–Kier alpha value is -2.47. The Labute approximate surface area is 130 Å². The van der Waals surface area contributed by atoms with Gasteiger partial charge in [-0.15, -0.1) is 6.58 Å². The molecule has 5 nitrogen and oxygen atoms in total. The third-order valence-corrected chi connectivity index (χ3v) is 3.96. The molecule has 0 spiro atoms. The molecule has 0 unspecified atom stereocenters. The van der Waals surface area contributed by atoms with Gasteiger partial charge in [0.25, 0.3) is 0 Å². The number of rotatable bonds is 7. The largest absolute Gasteiger partial charge is 0.497 e. The van der Waals surface area contributed by atoms with Gasteiger partial charge in [-0.1, -0.05) is 24.3 Å². The molecule has 0 amide bonds. The average Bonchev–Trinajstić information content (AvgIpc) is 2.49. The third-order valence-electron chi connectivity index (χ3n) is 2.97. The van der Waals surface area contributed by atoms with Crippen molar-refractivity contribution in [3.05, 3.63) is 66.7 Å². The Bertz CT molecular complexity index is 740. The van der Waals surface area contributed by atoms with Crippen molar-refractivity contribution in [2.24, 2.45) is 0 Å². The number of benzene rings is 2. The highest BCUT2D eigenvalue weighted by atomic mass is 32.2. The minimum absolute atomic E-state index is 0.453. The van der Waals surface area contributed by atoms with Crippen LogP contribution in [-0.4, -0.2) is 15.5 Å². The monoisotopic (exact) mass is 318 g/mol. The van der Waals surface area contributed by atoms with Crippen LogP contribution < -0.4 is 14.2 Å². The fourth-order valence-corrected chi connectivity index (χ4v) is 2.92. The maximum absolute atomic E-state index is 12.2. The lowest BCUT2D eigenvalue weighted by Crippen LogP contribution is -2.22. The SMILES string of the molecule is C=CCc1ccccc1NS(=O)(=O)Nc1ccc(OC)cc1. The molecule has 0 bridgehead atoms. The molecule has 22 heavy (non-hydrogen) atoms. The molecule has 0 aliphatic heterocycles. The summed E-state index contributed by atoms with van der Waals surface area (Å²) < 4.78 is 34.4. The van der Waals surface area contributed by atoms with E-state index in [2.05, 4.69) is 16.0 Å². The summed E-state index contributed by atoms with van der Waals surface area (Å²) in [5.41, 5.74) is 1.84. The van der Waals surface area contributed by atoms with E-state index in [1.54, 1.807) is 49.6 Å². The van der Waals surface area contributed by atoms with Crippen LogP contribution in [0.2, 0.25) is 0 Å². The molecule has 0 saturated heterocycles. The molecule has 0 atom stereocenters. The summed E-state index contributed by atoms with van der Waals surface area (Å²) >= 11 is 0. The van der Waals surface area contributed by atoms with E-state index in [0.29, 0.717) is 23.5 Å². The molecule has 0 fully saturated rings. The van der Waals surface area contributed by atoms with E-state index < -0.39 is 10.2 Å². The van der Waals surface area contributed by atoms with Gasteiger partial charge >= 0.3 is 10.2 Å². The van der Waals surface area contributed by atoms with E-state index in [-0.39, 0.29) is 0 Å². The highest BCUT2D eigenvalue weighted by Crippen LogP contribution is 2.20. The topological polar surface area (TPSA) is 67.4 Å². The van der Waals surface area contributed by atoms with Crippen molar-refractivity contribution in [1.82, 2.24) is 0 Å². The van der Waals surface area contributed by atoms with Gasteiger partial charge < -0.3 is 4.74 Å². The first kappa shape index (κ1) is 15.9. The Morgan fingerprint density at radius 1 is 1.09 bits per heavy atom. The van der Waals surface area contributed by atoms with Crippen LogP contribution in [0.4, 0.5) is 11.4 Å². The average molecular weight is 318 g/mol. The van der Waals surface area contributed by atoms with E-state index in [1.165, 1.54) is 0 Å². The van der Waals surface area contributed by atoms with E-state index in [4.69, 9.17) is 4.74 Å². The molecule has 0 heterocycles. The second-order valence-electron chi connectivity index (χ2n) is 4.59. The predicted molar refractivity (Wildman–Crippen MR) is 89.5 cm³/mol. The van der Waals surface area contributed by atoms with Crippen LogP contribution in [0.3, 0.4) is 0 Å². The lowest BCUT2D eigenvalue weighted by Gasteiger charge is -2.13. The van der Waals surface area contributed by atoms with Crippen LogP contribution in [0.15, 0.2) is 61.2 Å². The molecular weight excluding hydrogens is 300 g/mol. The highest BCUT2D eigenvalue weighted by molar-refractivity contribution is 7.94. The molecule has 2 rings (SSSR count). The van der Waals surface area contributed by atoms with Gasteiger partial charge in [0.15, 0.2) is 0 Å². The lowest BCUT2D eigenvalue weighted by atomic mass is 10.1. The number of ether oxygens (including phenoxy) is 1. The van der Waals surface area contributed by atoms with Crippen molar-refractivity contribution in [3.8, 4) is 5.75 Å². The number of hydrogen-bond donors (Lipinski definition) is 2. The Morgan fingerprint density at radius 3 is 2.41 bits per heavy atom. The van der Waals surface area contributed by atoms with Crippen molar-refractivity contribution < 1.29 is 13.2 Å². The van der Waals surface area contributed by atoms with Gasteiger partial charge in [0.2, 0.25) is 0 Å². The second kappa shape index (κ2) is 7.00. The predicted octanol–water partition coefficient (Wildman–Crippen LogP) is 3.19. The van der Waals surface area contributed by atoms with Crippen LogP contribution in [0.1, 0.15) is 5.56 Å². The molecule has 116 valence electrons. The molecule has 2 N–H and O–H groups in total. The molecule has 2 aromatic carbocycles. The van der Waals surface area contributed by atoms with Crippen LogP contribution in [0.5, 0.6) is 5.75 Å². The standard InChI is InChI=1S/C16H18N2O3S/c1-3-6-13-7-4-5-8-16(13)18-22(19,20)17-14-9-11-15(21-2)12-10-14/h3-5,7-12,17-18H,1,6H2,2H3. The lowest BCUT2D eigenvalue weighted by molar-refractivity contribution is 0.415. The number of anilines is 2. The second-order valence-corrected chi connectivity index (χ2v) is 6.00. The summed E-state index contributed by atoms with van der Waals surface area (Å²) in [4.78, 5) is 0. The molecule has 0 aliphatic carbocycles. The van der Waals surface area contributed by atoms with E-state index in [9.17, 15) is 8.42 Å². The van der Waals surface area contributed by atoms with Crippen molar-refractivity contribution in [2.75, 3.05) is 16.6 Å². The summed E-state index contributed by atoms with van der Waals surface area (Å²) in [5, 5.41) is 0. The van der Waals surface area contributed by atoms with Crippen molar-refractivity contribution in [2.45, 2.75) is 6.42 Å². The molecule has 0 aliphatic rings. The van der Waals surface area contributed by atoms with Gasteiger partial charge in [0.1, 0.15) is 5.75 Å². The zero-order chi connectivity index (χ0) is 16.0. The first-order valence-electron chi connectivity index (χ1n) is 6.67. The smallest absolute Gasteiger partial charge is 0.321 e. The van der Waals surface area contributed by atoms with E-state index >= 15 is 0 Å². The zero-order valence-corrected chi connectivity index (χ0v) is 13.1. The molecule has 6 heteroatoms. The normalized spacial score (nSPS) is 10.8. The minimum atomic E-state index is -3.72. The third kappa shape index (κ3) is 4.26. The van der Waals surface area contributed by atoms with Gasteiger partial charge in [-0.2, -0.15) is 8.42 Å². The van der Waals surface area contributed by atoms with Crippen LogP contribution in [-0.2, 0) is 16.6 Å². The van der Waals surface area contributed by atoms with Crippen molar-refractivity contribution >= 4 is 21.6 Å². The molecule has 0 saturated carbocycles. The number of methoxy groups -OCH3 is 1. The van der Waals surface area contributed by atoms with Gasteiger partial charge in [-0.05, 0) is 42.3 Å². The van der Waals surface area contributed by atoms with Crippen molar-refractivity contribution in [1.29, 1.82) is 0 Å². The first-order valence-corrected chi connectivity index (χ1v) is 8.16. The van der Waals surface area contributed by atoms with Crippen LogP contribution >= 0.6 is 0 Å². The van der Waals surface area contributed by atoms with E-state index in [0.717, 1.165) is 5.56 Å². The maximum Gasteiger partial charge on any atom is 0.321 e. The highest BCUT2D eigenvalue weighted by Gasteiger charge is 2.12. The first-order chi connectivity index (χ1) is 10.5. The van der Waals surface area contributed by atoms with Gasteiger partial charge in [0.05, 0.1) is 18.5 Å². The molecule has 0 radical (unpaired) electrons. The summed E-state index contributed by atoms with van der Waals surface area (Å²) in [7, 11) is -2.17. The van der Waals surface area contributed by atoms with Crippen molar-refractivity contribution in [3.63, 3.8) is 0 Å². The Kier molecular flexibility index (Phi) is 5.06. The summed E-state index contributed by atoms with van der Waals surface area (Å²) in [5.74, 6) is 0.659. The summed E-state index contributed by atoms with van der Waals surface area (Å²) in [6, 6.07) is 13.8. The van der Waals surface area contributed by atoms with Gasteiger partial charge in [-0.3, -0.25) is 9.44 Å². The maximum atomic E-state index is 12.2. The van der Waals surface area contributed by atoms with Crippen LogP contribution in [0.25, 0.3) is 0 Å². The van der Waals surface area contributed by atoms with Crippen LogP contribution in [0, 0.1) is 0 Å². The fourth-order valence-electron chi connectivity index (χ4n) is 1.94. The number of nitrogens with one attached hydrogen (secondary N) is 2. The fraction of sp³-hybridized carbons (Fsp3) is 0.125. The zero-order valence-electron chi connectivity index (χ0n) is 12.2. The molecule has 2 aromatic rings. The Morgan fingerprint density at radius 2 is 1.77 bits per heavy atom. The number of para-hydroxylation sites is 1. The van der Waals surface area contributed by atoms with E-state index in [1.807, 2.05) is 12.1 Å². The van der Waals surface area contributed by atoms with Gasteiger partial charge in [0, 0.05) is 0 Å². The number of hydrogen-bond acceptors (Lipinski definition) is 3. The quantitative estimate of drug-likeness (QED) is 0.770. The summed E-state index contributed by atoms with van der Waals surface area (Å²) in [6.45, 7) is 3.67. The molecular formula is C16H18N2O3S. The Balaban J connectivity index is 2.15. The number of allylic oxidation sites excluding steroid dienone is 1. The van der Waals surface area contributed by atoms with Gasteiger partial charge in [-0.25, -0.2) is 0 Å². The molecule has 0 aromatic heterocycles. The summed E-state index contributed by atoms with van der Waals surface area (Å²) in [6.07, 6.45) is 2.31.